The summed E-state index contributed by atoms with van der Waals surface area (Å²) in [5.41, 5.74) is 4.71. The van der Waals surface area contributed by atoms with Crippen LogP contribution in [0.25, 0.3) is 0 Å². The lowest BCUT2D eigenvalue weighted by molar-refractivity contribution is 0.552. The third kappa shape index (κ3) is 2.73. The van der Waals surface area contributed by atoms with Crippen LogP contribution in [-0.2, 0) is 10.0 Å². The van der Waals surface area contributed by atoms with E-state index in [0.717, 1.165) is 0 Å². The second-order valence-electron chi connectivity index (χ2n) is 3.38. The third-order valence-electron chi connectivity index (χ3n) is 2.05. The first-order chi connectivity index (χ1) is 8.90. The molecular formula is C9H7F2N5O2S. The maximum atomic E-state index is 13.5. The molecule has 0 bridgehead atoms. The summed E-state index contributed by atoms with van der Waals surface area (Å²) in [5, 5.41) is 6.78. The lowest BCUT2D eigenvalue weighted by Gasteiger charge is -2.08. The first-order valence-corrected chi connectivity index (χ1v) is 6.29. The van der Waals surface area contributed by atoms with E-state index < -0.39 is 32.2 Å². The third-order valence-corrected chi connectivity index (χ3v) is 3.39. The van der Waals surface area contributed by atoms with E-state index in [-0.39, 0.29) is 5.95 Å². The summed E-state index contributed by atoms with van der Waals surface area (Å²) in [5.74, 6) is -2.66. The van der Waals surface area contributed by atoms with Crippen molar-refractivity contribution in [3.05, 3.63) is 36.2 Å². The van der Waals surface area contributed by atoms with Gasteiger partial charge in [-0.25, -0.2) is 26.9 Å². The number of aromatic nitrogens is 3. The zero-order valence-electron chi connectivity index (χ0n) is 9.21. The number of nitrogens with one attached hydrogen (secondary N) is 1. The molecule has 19 heavy (non-hydrogen) atoms. The number of hydrogen-bond acceptors (Lipinski definition) is 6. The number of nitrogens with two attached hydrogens (primary N) is 1. The molecule has 0 aliphatic rings. The van der Waals surface area contributed by atoms with Crippen LogP contribution in [0.4, 0.5) is 20.4 Å². The van der Waals surface area contributed by atoms with Crippen LogP contribution in [0.15, 0.2) is 29.4 Å². The normalized spacial score (nSPS) is 11.3. The van der Waals surface area contributed by atoms with Gasteiger partial charge in [0.1, 0.15) is 16.5 Å². The fraction of sp³-hybridized carbons (Fsp3) is 0. The van der Waals surface area contributed by atoms with E-state index in [1.807, 2.05) is 4.72 Å². The predicted molar refractivity (Wildman–Crippen MR) is 61.4 cm³/mol. The number of anilines is 2. The zero-order valence-corrected chi connectivity index (χ0v) is 10.0. The van der Waals surface area contributed by atoms with Gasteiger partial charge in [0.25, 0.3) is 16.0 Å². The van der Waals surface area contributed by atoms with Crippen LogP contribution in [0.2, 0.25) is 0 Å². The Balaban J connectivity index is 2.43. The number of halogens is 2. The SMILES string of the molecule is Nc1cc(S(=O)(=O)Nc2nccnn2)c(F)cc1F. The van der Waals surface area contributed by atoms with Crippen molar-refractivity contribution in [2.75, 3.05) is 10.5 Å². The van der Waals surface area contributed by atoms with Crippen LogP contribution in [0.5, 0.6) is 0 Å². The van der Waals surface area contributed by atoms with Crippen molar-refractivity contribution in [2.24, 2.45) is 0 Å². The molecule has 0 atom stereocenters. The summed E-state index contributed by atoms with van der Waals surface area (Å²) in [6.07, 6.45) is 2.43. The quantitative estimate of drug-likeness (QED) is 0.797. The summed E-state index contributed by atoms with van der Waals surface area (Å²) in [6, 6.07) is 1.05. The van der Waals surface area contributed by atoms with Gasteiger partial charge in [-0.1, -0.05) is 0 Å². The molecule has 0 saturated heterocycles. The van der Waals surface area contributed by atoms with E-state index >= 15 is 0 Å². The highest BCUT2D eigenvalue weighted by molar-refractivity contribution is 7.92. The molecule has 0 unspecified atom stereocenters. The van der Waals surface area contributed by atoms with Crippen molar-refractivity contribution >= 4 is 21.7 Å². The fourth-order valence-corrected chi connectivity index (χ4v) is 2.26. The van der Waals surface area contributed by atoms with Gasteiger partial charge in [-0.2, -0.15) is 5.10 Å². The smallest absolute Gasteiger partial charge is 0.267 e. The molecule has 3 N–H and O–H groups in total. The molecule has 0 radical (unpaired) electrons. The van der Waals surface area contributed by atoms with Crippen molar-refractivity contribution in [3.63, 3.8) is 0 Å². The van der Waals surface area contributed by atoms with E-state index in [0.29, 0.717) is 12.1 Å². The molecular weight excluding hydrogens is 280 g/mol. The number of benzene rings is 1. The van der Waals surface area contributed by atoms with Gasteiger partial charge in [-0.05, 0) is 6.07 Å². The van der Waals surface area contributed by atoms with Gasteiger partial charge < -0.3 is 5.73 Å². The maximum Gasteiger partial charge on any atom is 0.267 e. The topological polar surface area (TPSA) is 111 Å². The van der Waals surface area contributed by atoms with E-state index in [4.69, 9.17) is 5.73 Å². The Bertz CT molecular complexity index is 708. The molecule has 100 valence electrons. The van der Waals surface area contributed by atoms with Crippen molar-refractivity contribution in [1.29, 1.82) is 0 Å². The number of rotatable bonds is 3. The van der Waals surface area contributed by atoms with Crippen LogP contribution in [0.1, 0.15) is 0 Å². The van der Waals surface area contributed by atoms with Gasteiger partial charge in [0.15, 0.2) is 0 Å². The Morgan fingerprint density at radius 3 is 2.53 bits per heavy atom. The minimum atomic E-state index is -4.32. The molecule has 0 aliphatic heterocycles. The van der Waals surface area contributed by atoms with Crippen LogP contribution in [0.3, 0.4) is 0 Å². The summed E-state index contributed by atoms with van der Waals surface area (Å²) < 4.78 is 52.0. The van der Waals surface area contributed by atoms with E-state index in [1.54, 1.807) is 0 Å². The second-order valence-corrected chi connectivity index (χ2v) is 5.03. The van der Waals surface area contributed by atoms with Crippen molar-refractivity contribution in [2.45, 2.75) is 4.90 Å². The largest absolute Gasteiger partial charge is 0.396 e. The van der Waals surface area contributed by atoms with E-state index in [1.165, 1.54) is 12.4 Å². The Morgan fingerprint density at radius 1 is 1.16 bits per heavy atom. The van der Waals surface area contributed by atoms with Gasteiger partial charge in [0.05, 0.1) is 18.1 Å². The molecule has 2 aromatic rings. The predicted octanol–water partition coefficient (Wildman–Crippen LogP) is 0.533. The summed E-state index contributed by atoms with van der Waals surface area (Å²) in [7, 11) is -4.32. The maximum absolute atomic E-state index is 13.5. The summed E-state index contributed by atoms with van der Waals surface area (Å²) >= 11 is 0. The molecule has 0 fully saturated rings. The van der Waals surface area contributed by atoms with Gasteiger partial charge in [-0.15, -0.1) is 5.10 Å². The number of nitrogens with zero attached hydrogens (tertiary/aromatic N) is 3. The van der Waals surface area contributed by atoms with Crippen molar-refractivity contribution in [3.8, 4) is 0 Å². The molecule has 10 heteroatoms. The minimum absolute atomic E-state index is 0.343. The molecule has 1 heterocycles. The molecule has 0 aliphatic carbocycles. The Morgan fingerprint density at radius 2 is 1.89 bits per heavy atom. The molecule has 1 aromatic carbocycles. The highest BCUT2D eigenvalue weighted by Gasteiger charge is 2.22. The first-order valence-electron chi connectivity index (χ1n) is 4.81. The van der Waals surface area contributed by atoms with Gasteiger partial charge >= 0.3 is 0 Å². The average Bonchev–Trinajstić information content (AvgIpc) is 2.34. The fourth-order valence-electron chi connectivity index (χ4n) is 1.22. The number of hydrogen-bond donors (Lipinski definition) is 2. The van der Waals surface area contributed by atoms with Crippen LogP contribution in [0, 0.1) is 11.6 Å². The zero-order chi connectivity index (χ0) is 14.0. The van der Waals surface area contributed by atoms with Crippen LogP contribution < -0.4 is 10.5 Å². The molecule has 7 nitrogen and oxygen atoms in total. The van der Waals surface area contributed by atoms with Crippen molar-refractivity contribution in [1.82, 2.24) is 15.2 Å². The van der Waals surface area contributed by atoms with E-state index in [2.05, 4.69) is 15.2 Å². The molecule has 0 saturated carbocycles. The van der Waals surface area contributed by atoms with Gasteiger partial charge in [0.2, 0.25) is 0 Å². The van der Waals surface area contributed by atoms with Crippen LogP contribution in [-0.4, -0.2) is 23.6 Å². The van der Waals surface area contributed by atoms with E-state index in [9.17, 15) is 17.2 Å². The Kier molecular flexibility index (Phi) is 3.25. The monoisotopic (exact) mass is 287 g/mol. The molecule has 0 spiro atoms. The average molecular weight is 287 g/mol. The first kappa shape index (κ1) is 13.1. The molecule has 1 aromatic heterocycles. The molecule has 2 rings (SSSR count). The lowest BCUT2D eigenvalue weighted by Crippen LogP contribution is -2.17. The summed E-state index contributed by atoms with van der Waals surface area (Å²) in [4.78, 5) is 2.76. The van der Waals surface area contributed by atoms with Crippen molar-refractivity contribution < 1.29 is 17.2 Å². The Hall–Kier alpha value is -2.36. The molecule has 0 amide bonds. The summed E-state index contributed by atoms with van der Waals surface area (Å²) in [6.45, 7) is 0. The Labute approximate surface area is 106 Å². The van der Waals surface area contributed by atoms with Gasteiger partial charge in [-0.3, -0.25) is 0 Å². The number of nitrogen functional groups attached to an aromatic ring is 1. The minimum Gasteiger partial charge on any atom is -0.396 e. The standard InChI is InChI=1S/C9H7F2N5O2S/c10-5-3-6(11)8(4-7(5)12)19(17,18)16-9-13-1-2-14-15-9/h1-4H,12H2,(H,13,15,16). The highest BCUT2D eigenvalue weighted by Crippen LogP contribution is 2.22. The highest BCUT2D eigenvalue weighted by atomic mass is 32.2. The van der Waals surface area contributed by atoms with Crippen LogP contribution >= 0.6 is 0 Å². The van der Waals surface area contributed by atoms with Gasteiger partial charge in [0, 0.05) is 6.07 Å². The second kappa shape index (κ2) is 4.72. The lowest BCUT2D eigenvalue weighted by atomic mass is 10.3. The number of sulfonamides is 1.